The van der Waals surface area contributed by atoms with Crippen LogP contribution in [-0.4, -0.2) is 61.1 Å². The van der Waals surface area contributed by atoms with Crippen LogP contribution in [0.5, 0.6) is 5.75 Å². The number of rotatable bonds is 3. The second-order valence-corrected chi connectivity index (χ2v) is 11.7. The van der Waals surface area contributed by atoms with Gasteiger partial charge in [0.05, 0.1) is 16.8 Å². The SMILES string of the molecule is CC(C)(C)OC(=O)N1CCC(C2Cc3nc(-c4ccc(S(C)(O)O)cc4)ncc3O2)CC1. The van der Waals surface area contributed by atoms with Crippen molar-refractivity contribution in [2.24, 2.45) is 5.92 Å². The first-order valence-corrected chi connectivity index (χ1v) is 12.8. The van der Waals surface area contributed by atoms with Crippen LogP contribution in [0.4, 0.5) is 4.79 Å². The summed E-state index contributed by atoms with van der Waals surface area (Å²) < 4.78 is 31.2. The van der Waals surface area contributed by atoms with E-state index in [1.54, 1.807) is 35.4 Å². The van der Waals surface area contributed by atoms with Gasteiger partial charge in [0, 0.05) is 31.3 Å². The van der Waals surface area contributed by atoms with Crippen LogP contribution in [0.25, 0.3) is 11.4 Å². The molecule has 0 saturated carbocycles. The first-order valence-electron chi connectivity index (χ1n) is 10.8. The molecule has 0 spiro atoms. The molecule has 1 aromatic carbocycles. The van der Waals surface area contributed by atoms with E-state index in [2.05, 4.69) is 4.98 Å². The van der Waals surface area contributed by atoms with E-state index in [9.17, 15) is 13.9 Å². The van der Waals surface area contributed by atoms with Crippen molar-refractivity contribution in [1.29, 1.82) is 0 Å². The van der Waals surface area contributed by atoms with E-state index in [-0.39, 0.29) is 12.2 Å². The van der Waals surface area contributed by atoms with Crippen molar-refractivity contribution in [2.45, 2.75) is 56.6 Å². The minimum atomic E-state index is -2.74. The summed E-state index contributed by atoms with van der Waals surface area (Å²) in [6, 6.07) is 6.99. The molecule has 2 aliphatic rings. The third-order valence-corrected chi connectivity index (χ3v) is 6.94. The molecule has 3 heterocycles. The number of likely N-dealkylation sites (tertiary alicyclic amines) is 1. The Morgan fingerprint density at radius 1 is 1.19 bits per heavy atom. The minimum absolute atomic E-state index is 0.0331. The molecule has 32 heavy (non-hydrogen) atoms. The standard InChI is InChI=1S/C23H31N3O5S/c1-23(2,3)31-22(27)26-11-9-15(10-12-26)19-13-18-20(30-19)14-24-21(25-18)16-5-7-17(8-6-16)32(4,28)29/h5-8,14-15,19,28-29H,9-13H2,1-4H3. The van der Waals surface area contributed by atoms with E-state index in [1.807, 2.05) is 20.8 Å². The van der Waals surface area contributed by atoms with Gasteiger partial charge in [0.2, 0.25) is 0 Å². The summed E-state index contributed by atoms with van der Waals surface area (Å²) >= 11 is 0. The van der Waals surface area contributed by atoms with Gasteiger partial charge in [-0.05, 0) is 63.8 Å². The predicted molar refractivity (Wildman–Crippen MR) is 123 cm³/mol. The number of hydrogen-bond donors (Lipinski definition) is 2. The number of carbonyl (C=O) groups is 1. The van der Waals surface area contributed by atoms with Crippen LogP contribution in [0.15, 0.2) is 35.4 Å². The lowest BCUT2D eigenvalue weighted by Gasteiger charge is -2.35. The number of piperidine rings is 1. The Labute approximate surface area is 190 Å². The minimum Gasteiger partial charge on any atom is -0.486 e. The number of benzene rings is 1. The van der Waals surface area contributed by atoms with E-state index in [1.165, 1.54) is 6.26 Å². The Morgan fingerprint density at radius 2 is 1.84 bits per heavy atom. The number of hydrogen-bond acceptors (Lipinski definition) is 7. The second-order valence-electron chi connectivity index (χ2n) is 9.53. The van der Waals surface area contributed by atoms with Crippen LogP contribution in [-0.2, 0) is 11.2 Å². The van der Waals surface area contributed by atoms with E-state index in [4.69, 9.17) is 14.5 Å². The molecular weight excluding hydrogens is 430 g/mol. The maximum atomic E-state index is 12.3. The Bertz CT molecular complexity index is 977. The van der Waals surface area contributed by atoms with Crippen LogP contribution < -0.4 is 4.74 Å². The molecule has 1 aromatic heterocycles. The normalized spacial score (nSPS) is 19.9. The fourth-order valence-electron chi connectivity index (χ4n) is 4.09. The lowest BCUT2D eigenvalue weighted by molar-refractivity contribution is 0.0123. The molecule has 1 atom stereocenters. The van der Waals surface area contributed by atoms with Crippen molar-refractivity contribution in [2.75, 3.05) is 19.3 Å². The van der Waals surface area contributed by atoms with E-state index >= 15 is 0 Å². The average Bonchev–Trinajstić information content (AvgIpc) is 3.15. The lowest BCUT2D eigenvalue weighted by Crippen LogP contribution is -2.44. The van der Waals surface area contributed by atoms with Gasteiger partial charge in [-0.2, -0.15) is 10.6 Å². The maximum absolute atomic E-state index is 12.3. The smallest absolute Gasteiger partial charge is 0.410 e. The molecule has 0 radical (unpaired) electrons. The summed E-state index contributed by atoms with van der Waals surface area (Å²) in [5, 5.41) is 0. The molecule has 174 valence electrons. The Kier molecular flexibility index (Phi) is 6.08. The summed E-state index contributed by atoms with van der Waals surface area (Å²) in [7, 11) is -2.74. The quantitative estimate of drug-likeness (QED) is 0.674. The van der Waals surface area contributed by atoms with Crippen LogP contribution in [0.2, 0.25) is 0 Å². The van der Waals surface area contributed by atoms with Crippen molar-refractivity contribution in [1.82, 2.24) is 14.9 Å². The van der Waals surface area contributed by atoms with E-state index in [0.29, 0.717) is 35.5 Å². The molecule has 1 fully saturated rings. The second kappa shape index (κ2) is 8.53. The van der Waals surface area contributed by atoms with Gasteiger partial charge in [-0.25, -0.2) is 14.8 Å². The fraction of sp³-hybridized carbons (Fsp3) is 0.522. The molecule has 8 nitrogen and oxygen atoms in total. The van der Waals surface area contributed by atoms with Crippen molar-refractivity contribution < 1.29 is 23.4 Å². The molecule has 9 heteroatoms. The largest absolute Gasteiger partial charge is 0.486 e. The fourth-order valence-corrected chi connectivity index (χ4v) is 4.74. The van der Waals surface area contributed by atoms with Gasteiger partial charge in [-0.1, -0.05) is 0 Å². The van der Waals surface area contributed by atoms with Crippen molar-refractivity contribution in [3.05, 3.63) is 36.2 Å². The molecule has 1 saturated heterocycles. The number of amides is 1. The summed E-state index contributed by atoms with van der Waals surface area (Å²) in [6.45, 7) is 6.96. The molecular formula is C23H31N3O5S. The summed E-state index contributed by atoms with van der Waals surface area (Å²) in [6.07, 6.45) is 5.35. The number of fused-ring (bicyclic) bond motifs is 1. The van der Waals surface area contributed by atoms with Gasteiger partial charge in [-0.3, -0.25) is 9.11 Å². The van der Waals surface area contributed by atoms with E-state index < -0.39 is 16.2 Å². The summed E-state index contributed by atoms with van der Waals surface area (Å²) in [5.74, 6) is 1.65. The van der Waals surface area contributed by atoms with Gasteiger partial charge in [0.1, 0.15) is 11.7 Å². The highest BCUT2D eigenvalue weighted by atomic mass is 32.3. The van der Waals surface area contributed by atoms with Gasteiger partial charge in [0.25, 0.3) is 0 Å². The van der Waals surface area contributed by atoms with E-state index in [0.717, 1.165) is 30.5 Å². The third-order valence-electron chi connectivity index (χ3n) is 5.78. The summed E-state index contributed by atoms with van der Waals surface area (Å²) in [4.78, 5) is 23.7. The highest BCUT2D eigenvalue weighted by molar-refractivity contribution is 8.23. The Morgan fingerprint density at radius 3 is 2.44 bits per heavy atom. The Hall–Kier alpha value is -2.36. The Balaban J connectivity index is 1.37. The monoisotopic (exact) mass is 461 g/mol. The molecule has 0 bridgehead atoms. The number of ether oxygens (including phenoxy) is 2. The van der Waals surface area contributed by atoms with Gasteiger partial charge >= 0.3 is 6.09 Å². The van der Waals surface area contributed by atoms with Crippen LogP contribution in [0.1, 0.15) is 39.3 Å². The van der Waals surface area contributed by atoms with Crippen molar-refractivity contribution in [3.63, 3.8) is 0 Å². The topological polar surface area (TPSA) is 105 Å². The average molecular weight is 462 g/mol. The molecule has 1 unspecified atom stereocenters. The summed E-state index contributed by atoms with van der Waals surface area (Å²) in [5.41, 5.74) is 1.21. The number of carbonyl (C=O) groups excluding carboxylic acids is 1. The number of nitrogens with zero attached hydrogens (tertiary/aromatic N) is 3. The van der Waals surface area contributed by atoms with Gasteiger partial charge < -0.3 is 14.4 Å². The first-order chi connectivity index (χ1) is 15.0. The zero-order chi connectivity index (χ0) is 23.1. The van der Waals surface area contributed by atoms with Crippen LogP contribution in [0.3, 0.4) is 0 Å². The first kappa shape index (κ1) is 22.8. The zero-order valence-corrected chi connectivity index (χ0v) is 19.8. The van der Waals surface area contributed by atoms with Crippen LogP contribution >= 0.6 is 10.6 Å². The molecule has 2 aromatic rings. The third kappa shape index (κ3) is 5.16. The maximum Gasteiger partial charge on any atom is 0.410 e. The molecule has 1 amide bonds. The zero-order valence-electron chi connectivity index (χ0n) is 18.9. The highest BCUT2D eigenvalue weighted by Crippen LogP contribution is 2.44. The lowest BCUT2D eigenvalue weighted by atomic mass is 9.90. The van der Waals surface area contributed by atoms with Crippen LogP contribution in [0, 0.1) is 5.92 Å². The molecule has 2 aliphatic heterocycles. The van der Waals surface area contributed by atoms with Crippen molar-refractivity contribution >= 4 is 16.7 Å². The number of aromatic nitrogens is 2. The molecule has 2 N–H and O–H groups in total. The molecule has 4 rings (SSSR count). The highest BCUT2D eigenvalue weighted by Gasteiger charge is 2.36. The van der Waals surface area contributed by atoms with Gasteiger partial charge in [-0.15, -0.1) is 0 Å². The molecule has 0 aliphatic carbocycles. The van der Waals surface area contributed by atoms with Gasteiger partial charge in [0.15, 0.2) is 11.6 Å². The van der Waals surface area contributed by atoms with Crippen molar-refractivity contribution in [3.8, 4) is 17.1 Å². The predicted octanol–water partition coefficient (Wildman–Crippen LogP) is 4.83.